The van der Waals surface area contributed by atoms with E-state index in [0.717, 1.165) is 66.6 Å². The molecule has 2 heterocycles. The van der Waals surface area contributed by atoms with Gasteiger partial charge in [0.1, 0.15) is 17.9 Å². The number of thioether (sulfide) groups is 1. The Morgan fingerprint density at radius 2 is 1.39 bits per heavy atom. The van der Waals surface area contributed by atoms with Crippen LogP contribution in [0.1, 0.15) is 163 Å². The summed E-state index contributed by atoms with van der Waals surface area (Å²) in [6.45, 7) is 7.81. The monoisotopic (exact) mass is 720 g/mol. The van der Waals surface area contributed by atoms with E-state index in [1.807, 2.05) is 30.8 Å². The Bertz CT molecular complexity index is 1190. The molecule has 1 saturated heterocycles. The molecule has 3 rings (SSSR count). The zero-order valence-electron chi connectivity index (χ0n) is 29.2. The van der Waals surface area contributed by atoms with Crippen molar-refractivity contribution >= 4 is 34.7 Å². The van der Waals surface area contributed by atoms with Gasteiger partial charge < -0.3 is 31.8 Å². The number of carbonyl (C=O) groups excluding carboxylic acids is 2. The third-order valence-corrected chi connectivity index (χ3v) is 10.6. The third-order valence-electron chi connectivity index (χ3n) is 9.22. The number of benzene rings is 1. The lowest BCUT2D eigenvalue weighted by molar-refractivity contribution is -0.679. The lowest BCUT2D eigenvalue weighted by Gasteiger charge is -2.26. The summed E-state index contributed by atoms with van der Waals surface area (Å²) in [6.07, 6.45) is 23.9. The molecule has 260 valence electrons. The minimum Gasteiger partial charge on any atom is -1.00 e. The Hall–Kier alpha value is -1.80. The maximum Gasteiger partial charge on any atom is 0.412 e. The van der Waals surface area contributed by atoms with Gasteiger partial charge in [0.05, 0.1) is 17.7 Å². The summed E-state index contributed by atoms with van der Waals surface area (Å²) in [7, 11) is 1.44. The average Bonchev–Trinajstić information content (AvgIpc) is 3.01. The number of unbranched alkanes of at least 4 members (excludes halogenated alkanes) is 16. The van der Waals surface area contributed by atoms with Gasteiger partial charge in [-0.15, -0.1) is 11.8 Å². The molecule has 6 nitrogen and oxygen atoms in total. The van der Waals surface area contributed by atoms with E-state index in [1.165, 1.54) is 97.0 Å². The minimum atomic E-state index is -0.443. The molecular weight excluding hydrogens is 660 g/mol. The number of ether oxygens (including phenoxy) is 2. The maximum atomic E-state index is 13.1. The summed E-state index contributed by atoms with van der Waals surface area (Å²) in [6, 6.07) is 5.84. The van der Waals surface area contributed by atoms with Crippen LogP contribution in [-0.4, -0.2) is 31.5 Å². The van der Waals surface area contributed by atoms with Crippen LogP contribution in [-0.2, 0) is 11.3 Å². The number of fused-ring (bicyclic) bond motifs is 1. The van der Waals surface area contributed by atoms with Crippen LogP contribution in [0, 0.1) is 6.92 Å². The summed E-state index contributed by atoms with van der Waals surface area (Å²) >= 11 is 1.88. The van der Waals surface area contributed by atoms with Gasteiger partial charge in [0.15, 0.2) is 0 Å². The van der Waals surface area contributed by atoms with Gasteiger partial charge >= 0.3 is 12.1 Å². The maximum absolute atomic E-state index is 13.1. The topological polar surface area (TPSA) is 68.5 Å². The molecule has 1 aliphatic heterocycles. The SMILES string of the molecule is CCCCCCCCCCCCCCCCCCNC(=O)Oc1cccc2c1c(C)c(C(=O)OC)c(C1CCS1)[n+]2CCCC.[Br-]. The number of nitrogens with one attached hydrogen (secondary N) is 1. The number of carbonyl (C=O) groups is 2. The summed E-state index contributed by atoms with van der Waals surface area (Å²) < 4.78 is 13.4. The van der Waals surface area contributed by atoms with Crippen molar-refractivity contribution in [3.8, 4) is 5.75 Å². The van der Waals surface area contributed by atoms with Crippen molar-refractivity contribution in [2.45, 2.75) is 155 Å². The van der Waals surface area contributed by atoms with Crippen LogP contribution < -0.4 is 31.6 Å². The van der Waals surface area contributed by atoms with E-state index in [0.29, 0.717) is 17.9 Å². The second-order valence-electron chi connectivity index (χ2n) is 12.8. The van der Waals surface area contributed by atoms with Gasteiger partial charge in [0.25, 0.3) is 0 Å². The van der Waals surface area contributed by atoms with E-state index < -0.39 is 6.09 Å². The molecule has 46 heavy (non-hydrogen) atoms. The first-order valence-corrected chi connectivity index (χ1v) is 19.2. The van der Waals surface area contributed by atoms with Crippen LogP contribution in [0.5, 0.6) is 5.75 Å². The van der Waals surface area contributed by atoms with Gasteiger partial charge in [0.2, 0.25) is 11.2 Å². The third kappa shape index (κ3) is 12.7. The molecule has 2 aromatic rings. The minimum absolute atomic E-state index is 0. The second-order valence-corrected chi connectivity index (χ2v) is 14.1. The van der Waals surface area contributed by atoms with Crippen LogP contribution >= 0.6 is 11.8 Å². The summed E-state index contributed by atoms with van der Waals surface area (Å²) in [5.41, 5.74) is 3.47. The summed E-state index contributed by atoms with van der Waals surface area (Å²) in [4.78, 5) is 26.0. The van der Waals surface area contributed by atoms with E-state index >= 15 is 0 Å². The van der Waals surface area contributed by atoms with Crippen molar-refractivity contribution in [2.24, 2.45) is 0 Å². The first-order chi connectivity index (χ1) is 22.0. The van der Waals surface area contributed by atoms with Crippen molar-refractivity contribution in [1.29, 1.82) is 0 Å². The number of rotatable bonds is 23. The first-order valence-electron chi connectivity index (χ1n) is 18.2. The summed E-state index contributed by atoms with van der Waals surface area (Å²) in [5, 5.41) is 4.02. The predicted molar refractivity (Wildman–Crippen MR) is 189 cm³/mol. The zero-order valence-corrected chi connectivity index (χ0v) is 31.6. The quantitative estimate of drug-likeness (QED) is 0.0730. The van der Waals surface area contributed by atoms with Crippen LogP contribution in [0.3, 0.4) is 0 Å². The molecule has 0 radical (unpaired) electrons. The molecule has 1 fully saturated rings. The zero-order chi connectivity index (χ0) is 32.3. The Kier molecular flexibility index (Phi) is 20.6. The number of hydrogen-bond donors (Lipinski definition) is 1. The number of aromatic nitrogens is 1. The van der Waals surface area contributed by atoms with Crippen molar-refractivity contribution in [2.75, 3.05) is 19.4 Å². The molecule has 1 atom stereocenters. The number of nitrogens with zero attached hydrogens (tertiary/aromatic N) is 1. The van der Waals surface area contributed by atoms with Crippen LogP contribution in [0.15, 0.2) is 18.2 Å². The standard InChI is InChI=1S/C38H60N2O4S.BrH/c1-5-7-9-10-11-12-13-14-15-16-17-18-19-20-21-22-27-39-38(42)44-32-25-23-24-31-34(32)30(3)35(37(41)43-4)36(33-26-29-45-33)40(31)28-8-6-2;/h23-25,33H,5-22,26-29H2,1-4H3;1H. The van der Waals surface area contributed by atoms with Gasteiger partial charge in [-0.05, 0) is 37.1 Å². The lowest BCUT2D eigenvalue weighted by Crippen LogP contribution is -3.00. The lowest BCUT2D eigenvalue weighted by atomic mass is 9.97. The number of halogens is 1. The van der Waals surface area contributed by atoms with Crippen LogP contribution in [0.2, 0.25) is 0 Å². The molecule has 1 aliphatic rings. The van der Waals surface area contributed by atoms with Crippen molar-refractivity contribution in [3.05, 3.63) is 35.0 Å². The van der Waals surface area contributed by atoms with E-state index in [-0.39, 0.29) is 28.2 Å². The van der Waals surface area contributed by atoms with Gasteiger partial charge in [-0.2, -0.15) is 4.57 Å². The molecule has 1 N–H and O–H groups in total. The first kappa shape index (κ1) is 40.4. The fourth-order valence-corrected chi connectivity index (χ4v) is 7.37. The smallest absolute Gasteiger partial charge is 0.412 e. The highest BCUT2D eigenvalue weighted by Crippen LogP contribution is 2.44. The molecule has 8 heteroatoms. The Morgan fingerprint density at radius 3 is 1.89 bits per heavy atom. The molecule has 1 aromatic carbocycles. The van der Waals surface area contributed by atoms with E-state index in [1.54, 1.807) is 0 Å². The molecule has 0 aliphatic carbocycles. The highest BCUT2D eigenvalue weighted by Gasteiger charge is 2.38. The van der Waals surface area contributed by atoms with Crippen LogP contribution in [0.25, 0.3) is 10.9 Å². The normalized spacial score (nSPS) is 14.0. The molecule has 1 amide bonds. The molecule has 0 spiro atoms. The van der Waals surface area contributed by atoms with E-state index in [9.17, 15) is 9.59 Å². The highest BCUT2D eigenvalue weighted by atomic mass is 79.9. The number of aryl methyl sites for hydroxylation is 2. The van der Waals surface area contributed by atoms with Gasteiger partial charge in [0, 0.05) is 19.0 Å². The molecular formula is C38H61BrN2O4S. The average molecular weight is 722 g/mol. The highest BCUT2D eigenvalue weighted by molar-refractivity contribution is 8.00. The van der Waals surface area contributed by atoms with Crippen LogP contribution in [0.4, 0.5) is 4.79 Å². The largest absolute Gasteiger partial charge is 1.00 e. The van der Waals surface area contributed by atoms with Crippen molar-refractivity contribution < 1.29 is 40.6 Å². The number of pyridine rings is 1. The Morgan fingerprint density at radius 1 is 0.848 bits per heavy atom. The summed E-state index contributed by atoms with van der Waals surface area (Å²) in [5.74, 6) is 1.25. The molecule has 1 unspecified atom stereocenters. The fourth-order valence-electron chi connectivity index (χ4n) is 6.49. The fraction of sp³-hybridized carbons (Fsp3) is 0.711. The van der Waals surface area contributed by atoms with Crippen molar-refractivity contribution in [1.82, 2.24) is 5.32 Å². The second kappa shape index (κ2) is 23.5. The number of amides is 1. The molecule has 0 bridgehead atoms. The number of esters is 1. The number of methoxy groups -OCH3 is 1. The molecule has 0 saturated carbocycles. The number of hydrogen-bond acceptors (Lipinski definition) is 5. The van der Waals surface area contributed by atoms with Gasteiger partial charge in [-0.25, -0.2) is 9.59 Å². The Labute approximate surface area is 294 Å². The molecule has 1 aromatic heterocycles. The van der Waals surface area contributed by atoms with Gasteiger partial charge in [-0.1, -0.05) is 123 Å². The van der Waals surface area contributed by atoms with Gasteiger partial charge in [-0.3, -0.25) is 0 Å². The van der Waals surface area contributed by atoms with E-state index in [4.69, 9.17) is 9.47 Å². The predicted octanol–water partition coefficient (Wildman–Crippen LogP) is 7.55. The Balaban J connectivity index is 0.00000736. The van der Waals surface area contributed by atoms with Crippen molar-refractivity contribution in [3.63, 3.8) is 0 Å². The van der Waals surface area contributed by atoms with E-state index in [2.05, 4.69) is 29.8 Å².